The van der Waals surface area contributed by atoms with Gasteiger partial charge in [0.2, 0.25) is 5.69 Å². The molecular weight excluding hydrogens is 1010 g/mol. The number of rotatable bonds is 4. The molecule has 0 amide bonds. The first-order valence-corrected chi connectivity index (χ1v) is 15.7. The van der Waals surface area contributed by atoms with E-state index >= 15 is 0 Å². The first kappa shape index (κ1) is 31.1. The number of allylic oxidation sites excluding steroid dienone is 8. The smallest absolute Gasteiger partial charge is 0.211 e. The highest BCUT2D eigenvalue weighted by atomic mass is 127. The summed E-state index contributed by atoms with van der Waals surface area (Å²) < 4.78 is 7.57. The predicted octanol–water partition coefficient (Wildman–Crippen LogP) is 6.10. The normalized spacial score (nSPS) is 19.2. The van der Waals surface area contributed by atoms with Gasteiger partial charge in [-0.3, -0.25) is 0 Å². The van der Waals surface area contributed by atoms with Crippen LogP contribution in [0.3, 0.4) is 0 Å². The van der Waals surface area contributed by atoms with E-state index in [0.29, 0.717) is 0 Å². The van der Waals surface area contributed by atoms with E-state index in [4.69, 9.17) is 0 Å². The SMILES string of the molecule is CN1C(=CC=CC=CC=CC2=[N+](C)c3cc(I)cc(I)c3C2(C)C)C(C)(C)c2c(I)cc(I)cc21.[I-]. The zero-order valence-corrected chi connectivity index (χ0v) is 31.9. The predicted molar refractivity (Wildman–Crippen MR) is 185 cm³/mol. The molecular formula is C29H29I5N2. The van der Waals surface area contributed by atoms with Crippen molar-refractivity contribution in [1.82, 2.24) is 0 Å². The van der Waals surface area contributed by atoms with Gasteiger partial charge in [0.05, 0.1) is 11.0 Å². The Hall–Kier alpha value is 0.520. The van der Waals surface area contributed by atoms with Crippen molar-refractivity contribution in [3.8, 4) is 0 Å². The van der Waals surface area contributed by atoms with Crippen molar-refractivity contribution in [1.29, 1.82) is 0 Å². The number of hydrogen-bond donors (Lipinski definition) is 0. The van der Waals surface area contributed by atoms with Gasteiger partial charge < -0.3 is 28.9 Å². The quantitative estimate of drug-likeness (QED) is 0.204. The van der Waals surface area contributed by atoms with E-state index in [1.165, 1.54) is 48.2 Å². The molecule has 0 unspecified atom stereocenters. The molecule has 0 bridgehead atoms. The maximum atomic E-state index is 2.48. The molecule has 2 aliphatic heterocycles. The average Bonchev–Trinajstić information content (AvgIpc) is 3.05. The van der Waals surface area contributed by atoms with E-state index in [0.717, 1.165) is 0 Å². The minimum Gasteiger partial charge on any atom is -1.00 e. The van der Waals surface area contributed by atoms with E-state index in [-0.39, 0.29) is 34.8 Å². The fraction of sp³-hybridized carbons (Fsp3) is 0.276. The number of benzene rings is 2. The Morgan fingerprint density at radius 3 is 1.97 bits per heavy atom. The first-order valence-electron chi connectivity index (χ1n) is 11.4. The summed E-state index contributed by atoms with van der Waals surface area (Å²) in [6.45, 7) is 9.28. The highest BCUT2D eigenvalue weighted by Gasteiger charge is 2.44. The van der Waals surface area contributed by atoms with Crippen LogP contribution in [0.1, 0.15) is 38.8 Å². The van der Waals surface area contributed by atoms with Gasteiger partial charge in [-0.05, 0) is 128 Å². The summed E-state index contributed by atoms with van der Waals surface area (Å²) in [6.07, 6.45) is 15.2. The third-order valence-electron chi connectivity index (χ3n) is 7.00. The number of hydrogen-bond acceptors (Lipinski definition) is 1. The molecule has 2 aromatic carbocycles. The maximum absolute atomic E-state index is 2.48. The monoisotopic (exact) mass is 1040 g/mol. The molecule has 0 N–H and O–H groups in total. The van der Waals surface area contributed by atoms with Crippen LogP contribution in [-0.2, 0) is 10.8 Å². The Morgan fingerprint density at radius 1 is 0.750 bits per heavy atom. The van der Waals surface area contributed by atoms with Crippen LogP contribution in [0.5, 0.6) is 0 Å². The van der Waals surface area contributed by atoms with Gasteiger partial charge in [0, 0.05) is 55.8 Å². The molecule has 0 aromatic heterocycles. The Kier molecular flexibility index (Phi) is 10.3. The summed E-state index contributed by atoms with van der Waals surface area (Å²) >= 11 is 9.78. The van der Waals surface area contributed by atoms with Gasteiger partial charge in [-0.1, -0.05) is 44.2 Å². The summed E-state index contributed by atoms with van der Waals surface area (Å²) in [5, 5.41) is 0. The third kappa shape index (κ3) is 5.70. The van der Waals surface area contributed by atoms with Gasteiger partial charge in [-0.2, -0.15) is 4.58 Å². The van der Waals surface area contributed by atoms with Crippen LogP contribution in [0.15, 0.2) is 72.5 Å². The molecule has 7 heteroatoms. The van der Waals surface area contributed by atoms with Gasteiger partial charge in [0.15, 0.2) is 5.71 Å². The molecule has 2 aromatic rings. The van der Waals surface area contributed by atoms with Crippen molar-refractivity contribution in [3.05, 3.63) is 97.9 Å². The van der Waals surface area contributed by atoms with Gasteiger partial charge in [-0.15, -0.1) is 0 Å². The van der Waals surface area contributed by atoms with Gasteiger partial charge in [0.1, 0.15) is 7.05 Å². The lowest BCUT2D eigenvalue weighted by molar-refractivity contribution is -0.401. The third-order valence-corrected chi connectivity index (χ3v) is 9.94. The van der Waals surface area contributed by atoms with Crippen LogP contribution >= 0.6 is 90.4 Å². The molecule has 2 heterocycles. The molecule has 2 nitrogen and oxygen atoms in total. The van der Waals surface area contributed by atoms with Crippen LogP contribution in [-0.4, -0.2) is 24.4 Å². The van der Waals surface area contributed by atoms with Gasteiger partial charge >= 0.3 is 0 Å². The Morgan fingerprint density at radius 2 is 1.31 bits per heavy atom. The minimum absolute atomic E-state index is 0. The van der Waals surface area contributed by atoms with Crippen molar-refractivity contribution in [2.24, 2.45) is 0 Å². The lowest BCUT2D eigenvalue weighted by atomic mass is 9.81. The molecule has 0 saturated carbocycles. The van der Waals surface area contributed by atoms with Gasteiger partial charge in [-0.25, -0.2) is 0 Å². The fourth-order valence-corrected chi connectivity index (χ4v) is 10.3. The molecule has 4 rings (SSSR count). The highest BCUT2D eigenvalue weighted by molar-refractivity contribution is 14.1. The number of likely N-dealkylation sites (N-methyl/N-ethyl adjacent to an activating group) is 1. The molecule has 190 valence electrons. The van der Waals surface area contributed by atoms with Crippen molar-refractivity contribution in [2.45, 2.75) is 38.5 Å². The van der Waals surface area contributed by atoms with E-state index in [1.54, 1.807) is 0 Å². The molecule has 0 atom stereocenters. The van der Waals surface area contributed by atoms with E-state index in [2.05, 4.69) is 208 Å². The second-order valence-corrected chi connectivity index (χ2v) is 14.8. The second-order valence-electron chi connectivity index (χ2n) is 10.00. The molecule has 0 aliphatic carbocycles. The lowest BCUT2D eigenvalue weighted by Gasteiger charge is -2.24. The zero-order valence-electron chi connectivity index (χ0n) is 21.1. The summed E-state index contributed by atoms with van der Waals surface area (Å²) in [5.41, 5.74) is 8.08. The van der Waals surface area contributed by atoms with Crippen molar-refractivity contribution in [2.75, 3.05) is 19.0 Å². The first-order chi connectivity index (χ1) is 16.4. The van der Waals surface area contributed by atoms with Crippen LogP contribution in [0.25, 0.3) is 0 Å². The largest absolute Gasteiger partial charge is 1.00 e. The number of anilines is 1. The average molecular weight is 1040 g/mol. The molecule has 0 radical (unpaired) electrons. The van der Waals surface area contributed by atoms with Gasteiger partial charge in [0.25, 0.3) is 0 Å². The Balaban J connectivity index is 0.00000361. The van der Waals surface area contributed by atoms with Crippen molar-refractivity contribution in [3.63, 3.8) is 0 Å². The molecule has 2 aliphatic rings. The fourth-order valence-electron chi connectivity index (χ4n) is 5.37. The standard InChI is InChI=1S/C29H29I4N2.HI/c1-28(2)24(34(5)22-16-18(30)14-20(32)26(22)28)12-10-8-7-9-11-13-25-29(3,4)27-21(33)15-19(31)17-23(27)35(25)6;/h7-17H,1-6H3;1H/q+1;/p-1. The molecule has 0 saturated heterocycles. The van der Waals surface area contributed by atoms with Crippen LogP contribution < -0.4 is 28.9 Å². The second kappa shape index (κ2) is 11.9. The van der Waals surface area contributed by atoms with E-state index < -0.39 is 0 Å². The molecule has 36 heavy (non-hydrogen) atoms. The summed E-state index contributed by atoms with van der Waals surface area (Å²) in [5.74, 6) is 0. The number of nitrogens with zero attached hydrogens (tertiary/aromatic N) is 2. The van der Waals surface area contributed by atoms with Crippen LogP contribution in [0.4, 0.5) is 11.4 Å². The van der Waals surface area contributed by atoms with E-state index in [9.17, 15) is 0 Å². The Bertz CT molecular complexity index is 1360. The van der Waals surface area contributed by atoms with E-state index in [1.807, 2.05) is 0 Å². The summed E-state index contributed by atoms with van der Waals surface area (Å²) in [6, 6.07) is 9.11. The van der Waals surface area contributed by atoms with Crippen LogP contribution in [0.2, 0.25) is 0 Å². The lowest BCUT2D eigenvalue weighted by Crippen LogP contribution is -3.00. The summed E-state index contributed by atoms with van der Waals surface area (Å²) in [4.78, 5) is 2.34. The summed E-state index contributed by atoms with van der Waals surface area (Å²) in [7, 11) is 4.35. The maximum Gasteiger partial charge on any atom is 0.211 e. The number of halogens is 5. The molecule has 0 spiro atoms. The van der Waals surface area contributed by atoms with Crippen molar-refractivity contribution < 1.29 is 28.6 Å². The topological polar surface area (TPSA) is 6.25 Å². The highest BCUT2D eigenvalue weighted by Crippen LogP contribution is 2.49. The zero-order chi connectivity index (χ0) is 25.7. The Labute approximate surface area is 287 Å². The number of fused-ring (bicyclic) bond motifs is 2. The van der Waals surface area contributed by atoms with Crippen molar-refractivity contribution >= 4 is 107 Å². The molecule has 0 fully saturated rings. The minimum atomic E-state index is -0.0154. The van der Waals surface area contributed by atoms with Crippen LogP contribution in [0, 0.1) is 14.3 Å².